The topological polar surface area (TPSA) is 53.0 Å². The summed E-state index contributed by atoms with van der Waals surface area (Å²) >= 11 is 3.21. The lowest BCUT2D eigenvalue weighted by atomic mass is 10.1. The molecule has 0 saturated carbocycles. The van der Waals surface area contributed by atoms with Crippen LogP contribution >= 0.6 is 15.9 Å². The number of nitrogens with zero attached hydrogens (tertiary/aromatic N) is 2. The number of phenols is 1. The Hall–Kier alpha value is -1.11. The molecule has 1 aromatic rings. The molecular weight excluding hydrogens is 324 g/mol. The van der Waals surface area contributed by atoms with Crippen LogP contribution in [-0.4, -0.2) is 67.3 Å². The highest BCUT2D eigenvalue weighted by Gasteiger charge is 2.22. The first-order valence-corrected chi connectivity index (χ1v) is 7.40. The molecule has 0 atom stereocenters. The quantitative estimate of drug-likeness (QED) is 0.902. The molecule has 0 unspecified atom stereocenters. The van der Waals surface area contributed by atoms with Crippen molar-refractivity contribution in [1.29, 1.82) is 0 Å². The largest absolute Gasteiger partial charge is 0.507 e. The Labute approximate surface area is 127 Å². The van der Waals surface area contributed by atoms with E-state index < -0.39 is 0 Å². The molecule has 110 valence electrons. The number of phenolic OH excluding ortho intramolecular Hbond substituents is 1. The fourth-order valence-corrected chi connectivity index (χ4v) is 2.47. The molecule has 0 spiro atoms. The zero-order valence-corrected chi connectivity index (χ0v) is 13.1. The SMILES string of the molecule is COCCN1CCN(C(=O)c2ccc(Br)c(O)c2)CC1. The Morgan fingerprint density at radius 2 is 2.05 bits per heavy atom. The summed E-state index contributed by atoms with van der Waals surface area (Å²) in [7, 11) is 1.69. The fourth-order valence-electron chi connectivity index (χ4n) is 2.22. The van der Waals surface area contributed by atoms with Crippen molar-refractivity contribution in [1.82, 2.24) is 9.80 Å². The van der Waals surface area contributed by atoms with Crippen molar-refractivity contribution < 1.29 is 14.6 Å². The van der Waals surface area contributed by atoms with Gasteiger partial charge in [-0.15, -0.1) is 0 Å². The Bertz CT molecular complexity index is 473. The van der Waals surface area contributed by atoms with Crippen molar-refractivity contribution >= 4 is 21.8 Å². The molecule has 1 amide bonds. The summed E-state index contributed by atoms with van der Waals surface area (Å²) in [6.07, 6.45) is 0. The second-order valence-corrected chi connectivity index (χ2v) is 5.65. The number of methoxy groups -OCH3 is 1. The first-order valence-electron chi connectivity index (χ1n) is 6.61. The van der Waals surface area contributed by atoms with Crippen molar-refractivity contribution in [2.75, 3.05) is 46.4 Å². The second kappa shape index (κ2) is 7.06. The van der Waals surface area contributed by atoms with E-state index in [1.807, 2.05) is 4.90 Å². The summed E-state index contributed by atoms with van der Waals surface area (Å²) in [5.41, 5.74) is 0.524. The zero-order chi connectivity index (χ0) is 14.5. The molecule has 0 aliphatic carbocycles. The van der Waals surface area contributed by atoms with E-state index in [0.29, 0.717) is 29.7 Å². The number of carbonyl (C=O) groups is 1. The molecule has 5 nitrogen and oxygen atoms in total. The van der Waals surface area contributed by atoms with Gasteiger partial charge >= 0.3 is 0 Å². The van der Waals surface area contributed by atoms with E-state index in [4.69, 9.17) is 4.74 Å². The van der Waals surface area contributed by atoms with Crippen molar-refractivity contribution in [3.8, 4) is 5.75 Å². The van der Waals surface area contributed by atoms with Gasteiger partial charge in [0.2, 0.25) is 0 Å². The number of aromatic hydroxyl groups is 1. The molecule has 1 fully saturated rings. The normalized spacial score (nSPS) is 16.4. The molecule has 1 aromatic carbocycles. The fraction of sp³-hybridized carbons (Fsp3) is 0.500. The van der Waals surface area contributed by atoms with Crippen molar-refractivity contribution in [3.63, 3.8) is 0 Å². The average molecular weight is 343 g/mol. The monoisotopic (exact) mass is 342 g/mol. The van der Waals surface area contributed by atoms with Crippen LogP contribution in [0.4, 0.5) is 0 Å². The minimum atomic E-state index is -0.0285. The van der Waals surface area contributed by atoms with Crippen LogP contribution in [0, 0.1) is 0 Å². The maximum Gasteiger partial charge on any atom is 0.254 e. The lowest BCUT2D eigenvalue weighted by molar-refractivity contribution is 0.0594. The van der Waals surface area contributed by atoms with E-state index in [1.54, 1.807) is 19.2 Å². The number of amides is 1. The molecule has 6 heteroatoms. The van der Waals surface area contributed by atoms with Gasteiger partial charge in [0.15, 0.2) is 0 Å². The van der Waals surface area contributed by atoms with Crippen molar-refractivity contribution in [3.05, 3.63) is 28.2 Å². The molecular formula is C14H19BrN2O3. The predicted octanol–water partition coefficient (Wildman–Crippen LogP) is 1.56. The zero-order valence-electron chi connectivity index (χ0n) is 11.5. The van der Waals surface area contributed by atoms with Gasteiger partial charge in [-0.2, -0.15) is 0 Å². The van der Waals surface area contributed by atoms with E-state index in [-0.39, 0.29) is 11.7 Å². The highest BCUT2D eigenvalue weighted by atomic mass is 79.9. The van der Waals surface area contributed by atoms with Crippen LogP contribution in [0.5, 0.6) is 5.75 Å². The molecule has 1 N–H and O–H groups in total. The average Bonchev–Trinajstić information content (AvgIpc) is 2.48. The maximum absolute atomic E-state index is 12.3. The minimum absolute atomic E-state index is 0.0285. The minimum Gasteiger partial charge on any atom is -0.507 e. The van der Waals surface area contributed by atoms with E-state index in [9.17, 15) is 9.90 Å². The number of benzene rings is 1. The molecule has 20 heavy (non-hydrogen) atoms. The van der Waals surface area contributed by atoms with Gasteiger partial charge in [-0.25, -0.2) is 0 Å². The summed E-state index contributed by atoms with van der Waals surface area (Å²) in [4.78, 5) is 16.4. The molecule has 0 radical (unpaired) electrons. The van der Waals surface area contributed by atoms with Crippen LogP contribution in [0.25, 0.3) is 0 Å². The molecule has 0 bridgehead atoms. The smallest absolute Gasteiger partial charge is 0.254 e. The first-order chi connectivity index (χ1) is 9.61. The standard InChI is InChI=1S/C14H19BrN2O3/c1-20-9-8-16-4-6-17(7-5-16)14(19)11-2-3-12(15)13(18)10-11/h2-3,10,18H,4-9H2,1H3. The molecule has 0 aromatic heterocycles. The predicted molar refractivity (Wildman–Crippen MR) is 80.0 cm³/mol. The Morgan fingerprint density at radius 3 is 2.65 bits per heavy atom. The van der Waals surface area contributed by atoms with Crippen LogP contribution in [0.15, 0.2) is 22.7 Å². The number of hydrogen-bond acceptors (Lipinski definition) is 4. The summed E-state index contributed by atoms with van der Waals surface area (Å²) < 4.78 is 5.65. The molecule has 1 aliphatic rings. The molecule has 1 aliphatic heterocycles. The van der Waals surface area contributed by atoms with Crippen LogP contribution in [0.3, 0.4) is 0 Å². The second-order valence-electron chi connectivity index (χ2n) is 4.79. The van der Waals surface area contributed by atoms with Crippen molar-refractivity contribution in [2.45, 2.75) is 0 Å². The van der Waals surface area contributed by atoms with Crippen LogP contribution < -0.4 is 0 Å². The molecule has 1 saturated heterocycles. The number of carbonyl (C=O) groups excluding carboxylic acids is 1. The number of piperazine rings is 1. The van der Waals surface area contributed by atoms with Gasteiger partial charge in [-0.05, 0) is 34.1 Å². The van der Waals surface area contributed by atoms with E-state index in [1.165, 1.54) is 6.07 Å². The summed E-state index contributed by atoms with van der Waals surface area (Å²) in [5, 5.41) is 9.65. The lowest BCUT2D eigenvalue weighted by Gasteiger charge is -2.34. The van der Waals surface area contributed by atoms with Gasteiger partial charge in [0, 0.05) is 45.4 Å². The van der Waals surface area contributed by atoms with E-state index >= 15 is 0 Å². The van der Waals surface area contributed by atoms with Gasteiger partial charge in [-0.3, -0.25) is 9.69 Å². The van der Waals surface area contributed by atoms with Gasteiger partial charge in [0.05, 0.1) is 11.1 Å². The van der Waals surface area contributed by atoms with Crippen molar-refractivity contribution in [2.24, 2.45) is 0 Å². The number of hydrogen-bond donors (Lipinski definition) is 1. The van der Waals surface area contributed by atoms with Gasteiger partial charge in [0.1, 0.15) is 5.75 Å². The van der Waals surface area contributed by atoms with Crippen LogP contribution in [0.1, 0.15) is 10.4 Å². The van der Waals surface area contributed by atoms with E-state index in [2.05, 4.69) is 20.8 Å². The molecule has 2 rings (SSSR count). The Morgan fingerprint density at radius 1 is 1.35 bits per heavy atom. The number of halogens is 1. The number of rotatable bonds is 4. The summed E-state index contributed by atoms with van der Waals surface area (Å²) in [6, 6.07) is 4.92. The third kappa shape index (κ3) is 3.71. The van der Waals surface area contributed by atoms with E-state index in [0.717, 1.165) is 19.6 Å². The lowest BCUT2D eigenvalue weighted by Crippen LogP contribution is -2.49. The van der Waals surface area contributed by atoms with Gasteiger partial charge in [0.25, 0.3) is 5.91 Å². The van der Waals surface area contributed by atoms with Crippen LogP contribution in [-0.2, 0) is 4.74 Å². The Balaban J connectivity index is 1.92. The maximum atomic E-state index is 12.3. The van der Waals surface area contributed by atoms with Gasteiger partial charge < -0.3 is 14.7 Å². The first kappa shape index (κ1) is 15.3. The third-order valence-corrected chi connectivity index (χ3v) is 4.13. The van der Waals surface area contributed by atoms with Crippen LogP contribution in [0.2, 0.25) is 0 Å². The Kier molecular flexibility index (Phi) is 5.39. The summed E-state index contributed by atoms with van der Waals surface area (Å²) in [5.74, 6) is 0.0637. The number of ether oxygens (including phenoxy) is 1. The third-order valence-electron chi connectivity index (χ3n) is 3.46. The molecule has 1 heterocycles. The summed E-state index contributed by atoms with van der Waals surface area (Å²) in [6.45, 7) is 4.75. The van der Waals surface area contributed by atoms with Gasteiger partial charge in [-0.1, -0.05) is 0 Å². The highest BCUT2D eigenvalue weighted by molar-refractivity contribution is 9.10. The highest BCUT2D eigenvalue weighted by Crippen LogP contribution is 2.25.